The highest BCUT2D eigenvalue weighted by Crippen LogP contribution is 2.36. The maximum absolute atomic E-state index is 11.7. The van der Waals surface area contributed by atoms with Crippen molar-refractivity contribution in [2.24, 2.45) is 0 Å². The first-order chi connectivity index (χ1) is 9.93. The lowest BCUT2D eigenvalue weighted by Gasteiger charge is -2.10. The molecule has 0 aliphatic carbocycles. The molecule has 1 aliphatic heterocycles. The summed E-state index contributed by atoms with van der Waals surface area (Å²) in [4.78, 5) is 1.12. The highest BCUT2D eigenvalue weighted by atomic mass is 32.2. The molecule has 1 unspecified atom stereocenters. The molecular weight excluding hydrogens is 306 g/mol. The second kappa shape index (κ2) is 5.14. The van der Waals surface area contributed by atoms with Gasteiger partial charge >= 0.3 is 0 Å². The molecule has 1 fully saturated rings. The van der Waals surface area contributed by atoms with E-state index >= 15 is 0 Å². The fraction of sp³-hybridized carbons (Fsp3) is 0.500. The van der Waals surface area contributed by atoms with Gasteiger partial charge in [0.15, 0.2) is 9.84 Å². The molecular formula is C14H19N3O2S2. The zero-order valence-electron chi connectivity index (χ0n) is 12.2. The molecule has 0 radical (unpaired) electrons. The summed E-state index contributed by atoms with van der Waals surface area (Å²) in [5.74, 6) is 0.985. The number of rotatable bonds is 3. The summed E-state index contributed by atoms with van der Waals surface area (Å²) >= 11 is 1.65. The maximum Gasteiger partial charge on any atom is 0.152 e. The third-order valence-corrected chi connectivity index (χ3v) is 6.81. The van der Waals surface area contributed by atoms with E-state index in [2.05, 4.69) is 25.0 Å². The Labute approximate surface area is 128 Å². The standard InChI is InChI=1S/C14H19N3O2S2/c1-3-11-12(13-9(2)4-6-20-13)16-17(14(11)15)10-5-7-21(18,19)8-10/h4,6,10H,3,5,7-8,15H2,1-2H3. The SMILES string of the molecule is CCc1c(-c2sccc2C)nn(C2CCS(=O)(=O)C2)c1N. The predicted molar refractivity (Wildman–Crippen MR) is 86.4 cm³/mol. The number of aryl methyl sites for hydroxylation is 1. The van der Waals surface area contributed by atoms with Gasteiger partial charge in [-0.05, 0) is 36.8 Å². The molecule has 0 saturated carbocycles. The van der Waals surface area contributed by atoms with Crippen molar-refractivity contribution in [1.82, 2.24) is 9.78 Å². The van der Waals surface area contributed by atoms with Crippen LogP contribution in [0.15, 0.2) is 11.4 Å². The number of nitrogens with two attached hydrogens (primary N) is 1. The van der Waals surface area contributed by atoms with E-state index in [1.54, 1.807) is 16.0 Å². The van der Waals surface area contributed by atoms with E-state index in [4.69, 9.17) is 5.73 Å². The van der Waals surface area contributed by atoms with Crippen molar-refractivity contribution in [3.63, 3.8) is 0 Å². The molecule has 1 saturated heterocycles. The van der Waals surface area contributed by atoms with Gasteiger partial charge in [-0.2, -0.15) is 5.10 Å². The molecule has 5 nitrogen and oxygen atoms in total. The van der Waals surface area contributed by atoms with Crippen LogP contribution in [0.2, 0.25) is 0 Å². The lowest BCUT2D eigenvalue weighted by Crippen LogP contribution is -2.15. The summed E-state index contributed by atoms with van der Waals surface area (Å²) in [7, 11) is -2.95. The van der Waals surface area contributed by atoms with Crippen molar-refractivity contribution in [3.05, 3.63) is 22.6 Å². The predicted octanol–water partition coefficient (Wildman–Crippen LogP) is 2.42. The molecule has 114 valence electrons. The molecule has 21 heavy (non-hydrogen) atoms. The molecule has 2 aromatic rings. The van der Waals surface area contributed by atoms with E-state index in [0.717, 1.165) is 22.6 Å². The summed E-state index contributed by atoms with van der Waals surface area (Å²) in [5.41, 5.74) is 9.36. The Bertz CT molecular complexity index is 774. The molecule has 0 spiro atoms. The first-order valence-electron chi connectivity index (χ1n) is 7.04. The van der Waals surface area contributed by atoms with E-state index in [-0.39, 0.29) is 17.5 Å². The van der Waals surface area contributed by atoms with E-state index in [1.165, 1.54) is 5.56 Å². The number of anilines is 1. The largest absolute Gasteiger partial charge is 0.384 e. The molecule has 0 amide bonds. The van der Waals surface area contributed by atoms with Crippen LogP contribution in [0.5, 0.6) is 0 Å². The normalized spacial score (nSPS) is 21.0. The quantitative estimate of drug-likeness (QED) is 0.940. The zero-order valence-corrected chi connectivity index (χ0v) is 13.8. The fourth-order valence-corrected chi connectivity index (χ4v) is 5.50. The molecule has 3 rings (SSSR count). The molecule has 0 bridgehead atoms. The summed E-state index contributed by atoms with van der Waals surface area (Å²) in [6.45, 7) is 4.11. The summed E-state index contributed by atoms with van der Waals surface area (Å²) < 4.78 is 25.1. The van der Waals surface area contributed by atoms with E-state index in [9.17, 15) is 8.42 Å². The van der Waals surface area contributed by atoms with Crippen LogP contribution in [0, 0.1) is 6.92 Å². The Morgan fingerprint density at radius 3 is 2.81 bits per heavy atom. The van der Waals surface area contributed by atoms with E-state index in [0.29, 0.717) is 12.2 Å². The lowest BCUT2D eigenvalue weighted by molar-refractivity contribution is 0.508. The van der Waals surface area contributed by atoms with Crippen LogP contribution in [0.4, 0.5) is 5.82 Å². The smallest absolute Gasteiger partial charge is 0.152 e. The molecule has 2 N–H and O–H groups in total. The third-order valence-electron chi connectivity index (χ3n) is 4.03. The van der Waals surface area contributed by atoms with Crippen molar-refractivity contribution in [2.45, 2.75) is 32.7 Å². The Balaban J connectivity index is 2.08. The Morgan fingerprint density at radius 2 is 2.29 bits per heavy atom. The van der Waals surface area contributed by atoms with Gasteiger partial charge in [-0.1, -0.05) is 6.92 Å². The maximum atomic E-state index is 11.7. The van der Waals surface area contributed by atoms with Crippen LogP contribution < -0.4 is 5.73 Å². The van der Waals surface area contributed by atoms with Gasteiger partial charge in [-0.15, -0.1) is 11.3 Å². The number of hydrogen-bond acceptors (Lipinski definition) is 5. The van der Waals surface area contributed by atoms with Crippen LogP contribution in [0.1, 0.15) is 30.5 Å². The van der Waals surface area contributed by atoms with Gasteiger partial charge in [0.2, 0.25) is 0 Å². The van der Waals surface area contributed by atoms with Gasteiger partial charge in [-0.3, -0.25) is 0 Å². The minimum atomic E-state index is -2.95. The van der Waals surface area contributed by atoms with E-state index < -0.39 is 9.84 Å². The van der Waals surface area contributed by atoms with Gasteiger partial charge < -0.3 is 5.73 Å². The summed E-state index contributed by atoms with van der Waals surface area (Å²) in [6.07, 6.45) is 1.39. The third kappa shape index (κ3) is 2.48. The highest BCUT2D eigenvalue weighted by Gasteiger charge is 2.32. The van der Waals surface area contributed by atoms with Gasteiger partial charge in [0.25, 0.3) is 0 Å². The Morgan fingerprint density at radius 1 is 1.52 bits per heavy atom. The Hall–Kier alpha value is -1.34. The van der Waals surface area contributed by atoms with Crippen LogP contribution in [-0.4, -0.2) is 29.7 Å². The molecule has 7 heteroatoms. The monoisotopic (exact) mass is 325 g/mol. The average Bonchev–Trinajstić information content (AvgIpc) is 3.07. The molecule has 0 aromatic carbocycles. The van der Waals surface area contributed by atoms with Crippen molar-refractivity contribution >= 4 is 27.0 Å². The lowest BCUT2D eigenvalue weighted by atomic mass is 10.1. The summed E-state index contributed by atoms with van der Waals surface area (Å²) in [5, 5.41) is 6.71. The topological polar surface area (TPSA) is 78.0 Å². The number of hydrogen-bond donors (Lipinski definition) is 1. The number of nitrogen functional groups attached to an aromatic ring is 1. The zero-order chi connectivity index (χ0) is 15.2. The summed E-state index contributed by atoms with van der Waals surface area (Å²) in [6, 6.07) is 1.93. The molecule has 2 aromatic heterocycles. The van der Waals surface area contributed by atoms with Crippen molar-refractivity contribution in [1.29, 1.82) is 0 Å². The first-order valence-corrected chi connectivity index (χ1v) is 9.74. The molecule has 1 atom stereocenters. The number of sulfone groups is 1. The van der Waals surface area contributed by atoms with Crippen LogP contribution in [0.25, 0.3) is 10.6 Å². The van der Waals surface area contributed by atoms with Gasteiger partial charge in [0.1, 0.15) is 11.5 Å². The number of aromatic nitrogens is 2. The molecule has 1 aliphatic rings. The average molecular weight is 325 g/mol. The second-order valence-electron chi connectivity index (χ2n) is 5.50. The molecule has 3 heterocycles. The Kier molecular flexibility index (Phi) is 3.57. The first kappa shape index (κ1) is 14.6. The van der Waals surface area contributed by atoms with Crippen molar-refractivity contribution in [3.8, 4) is 10.6 Å². The van der Waals surface area contributed by atoms with Gasteiger partial charge in [0, 0.05) is 5.56 Å². The van der Waals surface area contributed by atoms with Crippen LogP contribution >= 0.6 is 11.3 Å². The van der Waals surface area contributed by atoms with Crippen molar-refractivity contribution < 1.29 is 8.42 Å². The van der Waals surface area contributed by atoms with Gasteiger partial charge in [0.05, 0.1) is 22.4 Å². The van der Waals surface area contributed by atoms with Crippen LogP contribution in [-0.2, 0) is 16.3 Å². The highest BCUT2D eigenvalue weighted by molar-refractivity contribution is 7.91. The number of nitrogens with zero attached hydrogens (tertiary/aromatic N) is 2. The second-order valence-corrected chi connectivity index (χ2v) is 8.64. The van der Waals surface area contributed by atoms with Crippen molar-refractivity contribution in [2.75, 3.05) is 17.2 Å². The minimum absolute atomic E-state index is 0.130. The minimum Gasteiger partial charge on any atom is -0.384 e. The fourth-order valence-electron chi connectivity index (χ4n) is 2.87. The van der Waals surface area contributed by atoms with Gasteiger partial charge in [-0.25, -0.2) is 13.1 Å². The number of thiophene rings is 1. The van der Waals surface area contributed by atoms with E-state index in [1.807, 2.05) is 5.38 Å². The van der Waals surface area contributed by atoms with Crippen LogP contribution in [0.3, 0.4) is 0 Å².